The zero-order valence-corrected chi connectivity index (χ0v) is 18.2. The van der Waals surface area contributed by atoms with E-state index < -0.39 is 0 Å². The third kappa shape index (κ3) is 5.12. The maximum Gasteiger partial charge on any atom is 0.275 e. The molecule has 1 aliphatic heterocycles. The minimum Gasteiger partial charge on any atom is -0.360 e. The molecule has 1 fully saturated rings. The average Bonchev–Trinajstić information content (AvgIpc) is 2.79. The molecule has 1 saturated heterocycles. The van der Waals surface area contributed by atoms with Gasteiger partial charge in [-0.15, -0.1) is 0 Å². The number of rotatable bonds is 6. The lowest BCUT2D eigenvalue weighted by Crippen LogP contribution is -3.15. The molecular weight excluding hydrogens is 386 g/mol. The van der Waals surface area contributed by atoms with Crippen LogP contribution in [0.1, 0.15) is 35.8 Å². The van der Waals surface area contributed by atoms with Crippen molar-refractivity contribution in [2.45, 2.75) is 19.9 Å². The van der Waals surface area contributed by atoms with Crippen LogP contribution < -0.4 is 15.1 Å². The van der Waals surface area contributed by atoms with Crippen LogP contribution in [0, 0.1) is 0 Å². The molecule has 2 N–H and O–H groups in total. The Balaban J connectivity index is 1.28. The van der Waals surface area contributed by atoms with Gasteiger partial charge in [-0.3, -0.25) is 9.59 Å². The van der Waals surface area contributed by atoms with Crippen LogP contribution >= 0.6 is 0 Å². The molecule has 5 heteroatoms. The summed E-state index contributed by atoms with van der Waals surface area (Å²) in [6.07, 6.45) is 0. The van der Waals surface area contributed by atoms with E-state index in [0.29, 0.717) is 6.54 Å². The van der Waals surface area contributed by atoms with Crippen LogP contribution in [0.2, 0.25) is 0 Å². The number of nitrogens with one attached hydrogen (secondary N) is 2. The molecule has 0 unspecified atom stereocenters. The van der Waals surface area contributed by atoms with Gasteiger partial charge >= 0.3 is 0 Å². The SMILES string of the molecule is CC(=O)c1ccc(N2CC[NH+](CC(=O)N[C@H](C)c3ccc4ccccc4c3)CC2)cc1. The lowest BCUT2D eigenvalue weighted by atomic mass is 10.0. The maximum atomic E-state index is 12.6. The molecule has 160 valence electrons. The summed E-state index contributed by atoms with van der Waals surface area (Å²) < 4.78 is 0. The van der Waals surface area contributed by atoms with Gasteiger partial charge in [-0.2, -0.15) is 0 Å². The number of piperazine rings is 1. The van der Waals surface area contributed by atoms with E-state index in [4.69, 9.17) is 0 Å². The molecule has 0 bridgehead atoms. The molecule has 31 heavy (non-hydrogen) atoms. The first kappa shape index (κ1) is 21.1. The molecule has 0 spiro atoms. The number of fused-ring (bicyclic) bond motifs is 1. The number of carbonyl (C=O) groups is 2. The van der Waals surface area contributed by atoms with Crippen molar-refractivity contribution in [2.24, 2.45) is 0 Å². The van der Waals surface area contributed by atoms with Crippen molar-refractivity contribution in [1.29, 1.82) is 0 Å². The highest BCUT2D eigenvalue weighted by atomic mass is 16.2. The van der Waals surface area contributed by atoms with Crippen LogP contribution in [0.4, 0.5) is 5.69 Å². The zero-order valence-electron chi connectivity index (χ0n) is 18.2. The van der Waals surface area contributed by atoms with Gasteiger partial charge in [-0.25, -0.2) is 0 Å². The molecule has 4 rings (SSSR count). The smallest absolute Gasteiger partial charge is 0.275 e. The minimum atomic E-state index is -0.0161. The summed E-state index contributed by atoms with van der Waals surface area (Å²) in [6.45, 7) is 7.78. The Kier molecular flexibility index (Phi) is 6.33. The van der Waals surface area contributed by atoms with Gasteiger partial charge in [0.1, 0.15) is 0 Å². The first-order valence-corrected chi connectivity index (χ1v) is 11.0. The van der Waals surface area contributed by atoms with E-state index in [1.54, 1.807) is 6.92 Å². The fraction of sp³-hybridized carbons (Fsp3) is 0.308. The van der Waals surface area contributed by atoms with Crippen molar-refractivity contribution in [3.8, 4) is 0 Å². The first-order valence-electron chi connectivity index (χ1n) is 11.0. The van der Waals surface area contributed by atoms with E-state index in [2.05, 4.69) is 40.5 Å². The fourth-order valence-electron chi connectivity index (χ4n) is 4.24. The minimum absolute atomic E-state index is 0.0161. The van der Waals surface area contributed by atoms with Gasteiger partial charge in [-0.1, -0.05) is 36.4 Å². The Morgan fingerprint density at radius 2 is 1.65 bits per heavy atom. The van der Waals surface area contributed by atoms with E-state index in [0.717, 1.165) is 43.0 Å². The Morgan fingerprint density at radius 1 is 0.968 bits per heavy atom. The summed E-state index contributed by atoms with van der Waals surface area (Å²) in [4.78, 5) is 27.7. The molecular formula is C26H30N3O2+. The highest BCUT2D eigenvalue weighted by molar-refractivity contribution is 5.94. The molecule has 3 aromatic rings. The van der Waals surface area contributed by atoms with Crippen LogP contribution in [0.25, 0.3) is 10.8 Å². The number of quaternary nitrogens is 1. The van der Waals surface area contributed by atoms with E-state index in [1.807, 2.05) is 43.3 Å². The summed E-state index contributed by atoms with van der Waals surface area (Å²) in [6, 6.07) is 22.4. The normalized spacial score (nSPS) is 15.6. The second-order valence-electron chi connectivity index (χ2n) is 8.41. The van der Waals surface area contributed by atoms with E-state index in [1.165, 1.54) is 15.7 Å². The Morgan fingerprint density at radius 3 is 2.32 bits per heavy atom. The topological polar surface area (TPSA) is 53.9 Å². The fourth-order valence-corrected chi connectivity index (χ4v) is 4.24. The van der Waals surface area contributed by atoms with E-state index >= 15 is 0 Å². The highest BCUT2D eigenvalue weighted by Crippen LogP contribution is 2.20. The largest absolute Gasteiger partial charge is 0.360 e. The Labute approximate surface area is 183 Å². The number of nitrogens with zero attached hydrogens (tertiary/aromatic N) is 1. The number of hydrogen-bond donors (Lipinski definition) is 2. The van der Waals surface area contributed by atoms with Crippen LogP contribution in [0.15, 0.2) is 66.7 Å². The van der Waals surface area contributed by atoms with Gasteiger partial charge < -0.3 is 15.1 Å². The maximum absolute atomic E-state index is 12.6. The molecule has 1 heterocycles. The van der Waals surface area contributed by atoms with Crippen molar-refractivity contribution in [3.05, 3.63) is 77.9 Å². The second-order valence-corrected chi connectivity index (χ2v) is 8.41. The third-order valence-electron chi connectivity index (χ3n) is 6.17. The van der Waals surface area contributed by atoms with Crippen molar-refractivity contribution < 1.29 is 14.5 Å². The molecule has 3 aromatic carbocycles. The number of carbonyl (C=O) groups excluding carboxylic acids is 2. The number of benzene rings is 3. The highest BCUT2D eigenvalue weighted by Gasteiger charge is 2.23. The van der Waals surface area contributed by atoms with Gasteiger partial charge in [0.2, 0.25) is 0 Å². The lowest BCUT2D eigenvalue weighted by Gasteiger charge is -2.33. The molecule has 0 aromatic heterocycles. The van der Waals surface area contributed by atoms with Crippen LogP contribution in [-0.2, 0) is 4.79 Å². The summed E-state index contributed by atoms with van der Waals surface area (Å²) in [7, 11) is 0. The standard InChI is InChI=1S/C26H29N3O2/c1-19(23-8-7-22-5-3-4-6-24(22)17-23)27-26(31)18-28-13-15-29(16-14-28)25-11-9-21(10-12-25)20(2)30/h3-12,17,19H,13-16,18H2,1-2H3,(H,27,31)/p+1/t19-/m1/s1. The van der Waals surface area contributed by atoms with Crippen molar-refractivity contribution in [2.75, 3.05) is 37.6 Å². The quantitative estimate of drug-likeness (QED) is 0.608. The van der Waals surface area contributed by atoms with Crippen LogP contribution in [0.3, 0.4) is 0 Å². The van der Waals surface area contributed by atoms with Gasteiger partial charge in [0.25, 0.3) is 5.91 Å². The second kappa shape index (κ2) is 9.31. The van der Waals surface area contributed by atoms with Gasteiger partial charge in [0.15, 0.2) is 12.3 Å². The number of Topliss-reactive ketones (excluding diaryl/α,β-unsaturated/α-hetero) is 1. The van der Waals surface area contributed by atoms with Crippen molar-refractivity contribution in [3.63, 3.8) is 0 Å². The van der Waals surface area contributed by atoms with Crippen molar-refractivity contribution in [1.82, 2.24) is 5.32 Å². The lowest BCUT2D eigenvalue weighted by molar-refractivity contribution is -0.892. The molecule has 1 atom stereocenters. The van der Waals surface area contributed by atoms with Crippen LogP contribution in [-0.4, -0.2) is 44.4 Å². The molecule has 0 aliphatic carbocycles. The molecule has 1 aliphatic rings. The summed E-state index contributed by atoms with van der Waals surface area (Å²) in [5.41, 5.74) is 3.00. The molecule has 0 saturated carbocycles. The van der Waals surface area contributed by atoms with Gasteiger partial charge in [0.05, 0.1) is 32.2 Å². The summed E-state index contributed by atoms with van der Waals surface area (Å²) in [5.74, 6) is 0.180. The molecule has 5 nitrogen and oxygen atoms in total. The molecule has 1 amide bonds. The Hall–Kier alpha value is -3.18. The van der Waals surface area contributed by atoms with E-state index in [-0.39, 0.29) is 17.7 Å². The predicted molar refractivity (Wildman–Crippen MR) is 125 cm³/mol. The monoisotopic (exact) mass is 416 g/mol. The number of hydrogen-bond acceptors (Lipinski definition) is 3. The van der Waals surface area contributed by atoms with Gasteiger partial charge in [0, 0.05) is 11.3 Å². The third-order valence-corrected chi connectivity index (χ3v) is 6.17. The van der Waals surface area contributed by atoms with Crippen molar-refractivity contribution >= 4 is 28.2 Å². The van der Waals surface area contributed by atoms with Gasteiger partial charge in [-0.05, 0) is 60.5 Å². The predicted octanol–water partition coefficient (Wildman–Crippen LogP) is 2.62. The van der Waals surface area contributed by atoms with E-state index in [9.17, 15) is 9.59 Å². The summed E-state index contributed by atoms with van der Waals surface area (Å²) >= 11 is 0. The van der Waals surface area contributed by atoms with Crippen LogP contribution in [0.5, 0.6) is 0 Å². The number of amides is 1. The average molecular weight is 417 g/mol. The zero-order chi connectivity index (χ0) is 21.8. The summed E-state index contributed by atoms with van der Waals surface area (Å²) in [5, 5.41) is 5.57. The first-order chi connectivity index (χ1) is 15.0. The molecule has 0 radical (unpaired) electrons. The number of anilines is 1. The number of ketones is 1. The Bertz CT molecular complexity index is 1070.